The Morgan fingerprint density at radius 2 is 2.06 bits per heavy atom. The molecule has 0 bridgehead atoms. The van der Waals surface area contributed by atoms with Crippen LogP contribution in [0.5, 0.6) is 0 Å². The number of hydrogen-bond acceptors (Lipinski definition) is 4. The first-order valence-electron chi connectivity index (χ1n) is 5.51. The maximum Gasteiger partial charge on any atom is 0.208 e. The lowest BCUT2D eigenvalue weighted by molar-refractivity contribution is 0.415. The Morgan fingerprint density at radius 1 is 1.35 bits per heavy atom. The Morgan fingerprint density at radius 3 is 2.65 bits per heavy atom. The average molecular weight is 229 g/mol. The van der Waals surface area contributed by atoms with Crippen molar-refractivity contribution in [2.24, 2.45) is 5.92 Å². The van der Waals surface area contributed by atoms with E-state index in [1.807, 2.05) is 4.57 Å². The molecule has 2 rings (SSSR count). The van der Waals surface area contributed by atoms with Crippen molar-refractivity contribution in [2.75, 3.05) is 5.73 Å². The molecule has 5 heteroatoms. The lowest BCUT2D eigenvalue weighted by atomic mass is 10.1. The second-order valence-corrected chi connectivity index (χ2v) is 4.39. The zero-order valence-electron chi connectivity index (χ0n) is 10.2. The van der Waals surface area contributed by atoms with E-state index in [1.165, 1.54) is 0 Å². The minimum Gasteiger partial charge on any atom is -0.382 e. The van der Waals surface area contributed by atoms with E-state index in [2.05, 4.69) is 41.6 Å². The van der Waals surface area contributed by atoms with E-state index in [4.69, 9.17) is 12.2 Å². The number of rotatable bonds is 2. The highest BCUT2D eigenvalue weighted by Crippen LogP contribution is 2.23. The summed E-state index contributed by atoms with van der Waals surface area (Å²) in [4.78, 5) is 12.5. The van der Waals surface area contributed by atoms with Gasteiger partial charge in [-0.1, -0.05) is 13.8 Å². The Balaban J connectivity index is 2.67. The van der Waals surface area contributed by atoms with E-state index in [-0.39, 0.29) is 6.04 Å². The van der Waals surface area contributed by atoms with Gasteiger partial charge >= 0.3 is 0 Å². The molecule has 5 nitrogen and oxygen atoms in total. The van der Waals surface area contributed by atoms with Gasteiger partial charge in [0.05, 0.1) is 6.33 Å². The predicted octanol–water partition coefficient (Wildman–Crippen LogP) is 1.61. The molecule has 0 aliphatic heterocycles. The van der Waals surface area contributed by atoms with E-state index in [1.54, 1.807) is 6.33 Å². The third-order valence-corrected chi connectivity index (χ3v) is 2.98. The summed E-state index contributed by atoms with van der Waals surface area (Å²) in [5.74, 6) is 3.50. The van der Waals surface area contributed by atoms with Crippen molar-refractivity contribution < 1.29 is 0 Å². The number of nitrogen functional groups attached to an aromatic ring is 1. The van der Waals surface area contributed by atoms with E-state index in [9.17, 15) is 0 Å². The van der Waals surface area contributed by atoms with Gasteiger partial charge in [-0.05, 0) is 18.8 Å². The van der Waals surface area contributed by atoms with Gasteiger partial charge in [-0.2, -0.15) is 0 Å². The number of aromatic nitrogens is 4. The minimum absolute atomic E-state index is 0.278. The van der Waals surface area contributed by atoms with E-state index in [0.717, 1.165) is 0 Å². The number of hydrogen-bond donors (Lipinski definition) is 1. The molecule has 0 aliphatic rings. The Bertz CT molecular complexity index is 591. The first kappa shape index (κ1) is 11.4. The summed E-state index contributed by atoms with van der Waals surface area (Å²) in [7, 11) is 0. The number of fused-ring (bicyclic) bond motifs is 1. The standard InChI is InChI=1S/C12H15N5/c1-5-9-15-11(13)10-12(16-9)17(6-14-10)8(4)7(2)3/h1,6-8H,2-4H3,(H2,13,15,16)/t8-/m1/s1. The van der Waals surface area contributed by atoms with Gasteiger partial charge in [0.15, 0.2) is 11.5 Å². The van der Waals surface area contributed by atoms with E-state index in [0.29, 0.717) is 28.7 Å². The van der Waals surface area contributed by atoms with E-state index < -0.39 is 0 Å². The number of terminal acetylenes is 1. The van der Waals surface area contributed by atoms with Crippen LogP contribution in [-0.4, -0.2) is 19.5 Å². The minimum atomic E-state index is 0.278. The highest BCUT2D eigenvalue weighted by Gasteiger charge is 2.16. The second-order valence-electron chi connectivity index (χ2n) is 4.39. The molecule has 17 heavy (non-hydrogen) atoms. The van der Waals surface area contributed by atoms with Crippen molar-refractivity contribution in [3.8, 4) is 12.3 Å². The van der Waals surface area contributed by atoms with Crippen LogP contribution in [-0.2, 0) is 0 Å². The smallest absolute Gasteiger partial charge is 0.208 e. The summed E-state index contributed by atoms with van der Waals surface area (Å²) in [6.07, 6.45) is 7.04. The number of nitrogens with zero attached hydrogens (tertiary/aromatic N) is 4. The van der Waals surface area contributed by atoms with Crippen molar-refractivity contribution in [3.05, 3.63) is 12.2 Å². The topological polar surface area (TPSA) is 69.6 Å². The largest absolute Gasteiger partial charge is 0.382 e. The Labute approximate surface area is 100 Å². The van der Waals surface area contributed by atoms with Gasteiger partial charge in [0.2, 0.25) is 5.82 Å². The van der Waals surface area contributed by atoms with Crippen molar-refractivity contribution in [3.63, 3.8) is 0 Å². The molecule has 0 fully saturated rings. The quantitative estimate of drug-likeness (QED) is 0.794. The molecule has 0 aliphatic carbocycles. The molecule has 1 atom stereocenters. The van der Waals surface area contributed by atoms with Crippen LogP contribution in [0, 0.1) is 18.3 Å². The fourth-order valence-corrected chi connectivity index (χ4v) is 1.62. The first-order chi connectivity index (χ1) is 8.04. The molecule has 88 valence electrons. The van der Waals surface area contributed by atoms with Gasteiger partial charge in [-0.3, -0.25) is 0 Å². The summed E-state index contributed by atoms with van der Waals surface area (Å²) in [6.45, 7) is 6.39. The van der Waals surface area contributed by atoms with Crippen LogP contribution in [0.2, 0.25) is 0 Å². The fourth-order valence-electron chi connectivity index (χ4n) is 1.62. The van der Waals surface area contributed by atoms with Crippen molar-refractivity contribution in [1.82, 2.24) is 19.5 Å². The summed E-state index contributed by atoms with van der Waals surface area (Å²) < 4.78 is 1.98. The SMILES string of the molecule is C#Cc1nc(N)c2ncn([C@H](C)C(C)C)c2n1. The molecule has 0 spiro atoms. The zero-order chi connectivity index (χ0) is 12.6. The summed E-state index contributed by atoms with van der Waals surface area (Å²) in [6, 6.07) is 0.278. The molecule has 2 aromatic rings. The lowest BCUT2D eigenvalue weighted by Crippen LogP contribution is -2.11. The van der Waals surface area contributed by atoms with Crippen LogP contribution >= 0.6 is 0 Å². The van der Waals surface area contributed by atoms with Gasteiger partial charge < -0.3 is 10.3 Å². The molecule has 0 aromatic carbocycles. The summed E-state index contributed by atoms with van der Waals surface area (Å²) in [5, 5.41) is 0. The van der Waals surface area contributed by atoms with Gasteiger partial charge in [-0.25, -0.2) is 15.0 Å². The van der Waals surface area contributed by atoms with Crippen LogP contribution in [0.15, 0.2) is 6.33 Å². The molecule has 2 aromatic heterocycles. The van der Waals surface area contributed by atoms with Gasteiger partial charge in [-0.15, -0.1) is 6.42 Å². The fraction of sp³-hybridized carbons (Fsp3) is 0.417. The van der Waals surface area contributed by atoms with Crippen LogP contribution in [0.25, 0.3) is 11.2 Å². The highest BCUT2D eigenvalue weighted by molar-refractivity contribution is 5.82. The monoisotopic (exact) mass is 229 g/mol. The number of imidazole rings is 1. The predicted molar refractivity (Wildman–Crippen MR) is 67.2 cm³/mol. The maximum absolute atomic E-state index is 5.80. The molecule has 0 saturated carbocycles. The maximum atomic E-state index is 5.80. The molecule has 2 N–H and O–H groups in total. The van der Waals surface area contributed by atoms with Gasteiger partial charge in [0, 0.05) is 6.04 Å². The summed E-state index contributed by atoms with van der Waals surface area (Å²) in [5.41, 5.74) is 7.11. The normalized spacial score (nSPS) is 12.9. The average Bonchev–Trinajstić information content (AvgIpc) is 2.71. The Kier molecular flexibility index (Phi) is 2.72. The van der Waals surface area contributed by atoms with Crippen LogP contribution in [0.4, 0.5) is 5.82 Å². The number of nitrogens with two attached hydrogens (primary N) is 1. The number of anilines is 1. The molecule has 0 amide bonds. The van der Waals surface area contributed by atoms with Gasteiger partial charge in [0.1, 0.15) is 5.52 Å². The Hall–Kier alpha value is -2.09. The third-order valence-electron chi connectivity index (χ3n) is 2.98. The van der Waals surface area contributed by atoms with Crippen LogP contribution < -0.4 is 5.73 Å². The molecular formula is C12H15N5. The first-order valence-corrected chi connectivity index (χ1v) is 5.51. The molecule has 2 heterocycles. The van der Waals surface area contributed by atoms with Gasteiger partial charge in [0.25, 0.3) is 0 Å². The highest BCUT2D eigenvalue weighted by atomic mass is 15.2. The van der Waals surface area contributed by atoms with Crippen molar-refractivity contribution in [1.29, 1.82) is 0 Å². The molecular weight excluding hydrogens is 214 g/mol. The zero-order valence-corrected chi connectivity index (χ0v) is 10.2. The van der Waals surface area contributed by atoms with Crippen LogP contribution in [0.3, 0.4) is 0 Å². The molecule has 0 unspecified atom stereocenters. The summed E-state index contributed by atoms with van der Waals surface area (Å²) >= 11 is 0. The third kappa shape index (κ3) is 1.82. The molecule has 0 saturated heterocycles. The lowest BCUT2D eigenvalue weighted by Gasteiger charge is -2.17. The van der Waals surface area contributed by atoms with Crippen molar-refractivity contribution in [2.45, 2.75) is 26.8 Å². The second kappa shape index (κ2) is 4.06. The molecule has 0 radical (unpaired) electrons. The van der Waals surface area contributed by atoms with Crippen LogP contribution in [0.1, 0.15) is 32.6 Å². The van der Waals surface area contributed by atoms with Crippen molar-refractivity contribution >= 4 is 17.0 Å². The van der Waals surface area contributed by atoms with E-state index >= 15 is 0 Å².